The predicted molar refractivity (Wildman–Crippen MR) is 76.7 cm³/mol. The van der Waals surface area contributed by atoms with Gasteiger partial charge < -0.3 is 10.6 Å². The van der Waals surface area contributed by atoms with Gasteiger partial charge in [0.2, 0.25) is 15.9 Å². The Labute approximate surface area is 118 Å². The fourth-order valence-corrected chi connectivity index (χ4v) is 2.83. The summed E-state index contributed by atoms with van der Waals surface area (Å²) in [5, 5.41) is 11.0. The summed E-state index contributed by atoms with van der Waals surface area (Å²) in [5.74, 6) is 0.444. The van der Waals surface area contributed by atoms with Crippen molar-refractivity contribution < 1.29 is 13.2 Å². The van der Waals surface area contributed by atoms with Gasteiger partial charge in [-0.05, 0) is 50.0 Å². The number of carbonyl (C=O) groups excluding carboxylic acids is 1. The molecule has 1 fully saturated rings. The van der Waals surface area contributed by atoms with Gasteiger partial charge in [-0.1, -0.05) is 6.07 Å². The molecule has 0 bridgehead atoms. The molecular formula is C13H19N3O3S. The molecule has 6 nitrogen and oxygen atoms in total. The van der Waals surface area contributed by atoms with Crippen LogP contribution in [-0.2, 0) is 14.8 Å². The lowest BCUT2D eigenvalue weighted by molar-refractivity contribution is -0.116. The molecule has 0 saturated carbocycles. The third-order valence-corrected chi connectivity index (χ3v) is 4.30. The smallest absolute Gasteiger partial charge is 0.238 e. The summed E-state index contributed by atoms with van der Waals surface area (Å²) >= 11 is 0. The van der Waals surface area contributed by atoms with Crippen LogP contribution in [0.2, 0.25) is 0 Å². The lowest BCUT2D eigenvalue weighted by Crippen LogP contribution is -2.16. The molecule has 1 aromatic carbocycles. The standard InChI is InChI=1S/C13H19N3O3S/c14-20(18,19)12-3-1-2-11(8-12)16-13(17)5-4-10-6-7-15-9-10/h1-3,8,10,15H,4-7,9H2,(H,16,17)(H2,14,18,19). The minimum atomic E-state index is -3.75. The normalized spacial score (nSPS) is 18.9. The lowest BCUT2D eigenvalue weighted by atomic mass is 10.0. The largest absolute Gasteiger partial charge is 0.326 e. The van der Waals surface area contributed by atoms with E-state index in [1.54, 1.807) is 12.1 Å². The van der Waals surface area contributed by atoms with Gasteiger partial charge in [-0.3, -0.25) is 4.79 Å². The van der Waals surface area contributed by atoms with Crippen molar-refractivity contribution in [3.63, 3.8) is 0 Å². The molecule has 7 heteroatoms. The number of hydrogen-bond acceptors (Lipinski definition) is 4. The Balaban J connectivity index is 1.90. The molecule has 0 aromatic heterocycles. The Morgan fingerprint density at radius 3 is 2.90 bits per heavy atom. The maximum atomic E-state index is 11.8. The van der Waals surface area contributed by atoms with E-state index in [2.05, 4.69) is 10.6 Å². The van der Waals surface area contributed by atoms with Crippen LogP contribution in [0.15, 0.2) is 29.2 Å². The summed E-state index contributed by atoms with van der Waals surface area (Å²) in [6, 6.07) is 5.96. The minimum Gasteiger partial charge on any atom is -0.326 e. The van der Waals surface area contributed by atoms with Crippen molar-refractivity contribution in [2.24, 2.45) is 11.1 Å². The second kappa shape index (κ2) is 6.34. The lowest BCUT2D eigenvalue weighted by Gasteiger charge is -2.09. The van der Waals surface area contributed by atoms with E-state index in [0.717, 1.165) is 25.9 Å². The van der Waals surface area contributed by atoms with Gasteiger partial charge in [0.1, 0.15) is 0 Å². The van der Waals surface area contributed by atoms with Crippen molar-refractivity contribution in [3.05, 3.63) is 24.3 Å². The first-order chi connectivity index (χ1) is 9.45. The van der Waals surface area contributed by atoms with Crippen LogP contribution in [-0.4, -0.2) is 27.4 Å². The van der Waals surface area contributed by atoms with Crippen LogP contribution in [0.5, 0.6) is 0 Å². The van der Waals surface area contributed by atoms with Crippen LogP contribution < -0.4 is 15.8 Å². The summed E-state index contributed by atoms with van der Waals surface area (Å²) < 4.78 is 22.5. The number of nitrogens with two attached hydrogens (primary N) is 1. The number of primary sulfonamides is 1. The Bertz CT molecular complexity index is 580. The number of amides is 1. The van der Waals surface area contributed by atoms with Gasteiger partial charge in [0.15, 0.2) is 0 Å². The quantitative estimate of drug-likeness (QED) is 0.743. The summed E-state index contributed by atoms with van der Waals surface area (Å²) in [5.41, 5.74) is 0.450. The number of hydrogen-bond donors (Lipinski definition) is 3. The maximum absolute atomic E-state index is 11.8. The molecule has 4 N–H and O–H groups in total. The Morgan fingerprint density at radius 1 is 1.45 bits per heavy atom. The Kier molecular flexibility index (Phi) is 4.74. The monoisotopic (exact) mass is 297 g/mol. The van der Waals surface area contributed by atoms with E-state index in [9.17, 15) is 13.2 Å². The second-order valence-electron chi connectivity index (χ2n) is 5.02. The van der Waals surface area contributed by atoms with Crippen molar-refractivity contribution in [1.82, 2.24) is 5.32 Å². The first-order valence-electron chi connectivity index (χ1n) is 6.58. The molecule has 1 unspecified atom stereocenters. The summed E-state index contributed by atoms with van der Waals surface area (Å²) in [4.78, 5) is 11.8. The first-order valence-corrected chi connectivity index (χ1v) is 8.13. The molecule has 1 amide bonds. The molecule has 1 aromatic rings. The number of carbonyl (C=O) groups is 1. The van der Waals surface area contributed by atoms with Crippen LogP contribution in [0, 0.1) is 5.92 Å². The van der Waals surface area contributed by atoms with Gasteiger partial charge in [0.25, 0.3) is 0 Å². The zero-order valence-corrected chi connectivity index (χ0v) is 11.9. The topological polar surface area (TPSA) is 101 Å². The number of anilines is 1. The van der Waals surface area contributed by atoms with E-state index in [-0.39, 0.29) is 10.8 Å². The average molecular weight is 297 g/mol. The number of benzene rings is 1. The van der Waals surface area contributed by atoms with Gasteiger partial charge >= 0.3 is 0 Å². The van der Waals surface area contributed by atoms with Crippen molar-refractivity contribution in [3.8, 4) is 0 Å². The molecule has 1 atom stereocenters. The van der Waals surface area contributed by atoms with E-state index < -0.39 is 10.0 Å². The fourth-order valence-electron chi connectivity index (χ4n) is 2.27. The van der Waals surface area contributed by atoms with E-state index in [1.807, 2.05) is 0 Å². The average Bonchev–Trinajstić information content (AvgIpc) is 2.89. The van der Waals surface area contributed by atoms with E-state index in [4.69, 9.17) is 5.14 Å². The molecule has 0 aliphatic carbocycles. The van der Waals surface area contributed by atoms with E-state index >= 15 is 0 Å². The highest BCUT2D eigenvalue weighted by molar-refractivity contribution is 7.89. The molecule has 1 saturated heterocycles. The molecule has 0 radical (unpaired) electrons. The van der Waals surface area contributed by atoms with Crippen LogP contribution in [0.3, 0.4) is 0 Å². The van der Waals surface area contributed by atoms with Crippen molar-refractivity contribution >= 4 is 21.6 Å². The van der Waals surface area contributed by atoms with Gasteiger partial charge in [-0.15, -0.1) is 0 Å². The fraction of sp³-hybridized carbons (Fsp3) is 0.462. The van der Waals surface area contributed by atoms with Crippen molar-refractivity contribution in [2.45, 2.75) is 24.2 Å². The summed E-state index contributed by atoms with van der Waals surface area (Å²) in [7, 11) is -3.75. The zero-order valence-electron chi connectivity index (χ0n) is 11.1. The predicted octanol–water partition coefficient (Wildman–Crippen LogP) is 0.662. The minimum absolute atomic E-state index is 0.00436. The molecule has 20 heavy (non-hydrogen) atoms. The molecular weight excluding hydrogens is 278 g/mol. The zero-order chi connectivity index (χ0) is 14.6. The highest BCUT2D eigenvalue weighted by atomic mass is 32.2. The number of sulfonamides is 1. The number of nitrogens with one attached hydrogen (secondary N) is 2. The molecule has 110 valence electrons. The van der Waals surface area contributed by atoms with Crippen molar-refractivity contribution in [2.75, 3.05) is 18.4 Å². The SMILES string of the molecule is NS(=O)(=O)c1cccc(NC(=O)CCC2CCNC2)c1. The van der Waals surface area contributed by atoms with Crippen LogP contribution in [0.1, 0.15) is 19.3 Å². The van der Waals surface area contributed by atoms with Crippen molar-refractivity contribution in [1.29, 1.82) is 0 Å². The molecule has 1 heterocycles. The van der Waals surface area contributed by atoms with Gasteiger partial charge in [0, 0.05) is 12.1 Å². The molecule has 2 rings (SSSR count). The van der Waals surface area contributed by atoms with Crippen LogP contribution in [0.4, 0.5) is 5.69 Å². The second-order valence-corrected chi connectivity index (χ2v) is 6.58. The maximum Gasteiger partial charge on any atom is 0.238 e. The first kappa shape index (κ1) is 15.0. The van der Waals surface area contributed by atoms with Gasteiger partial charge in [-0.2, -0.15) is 0 Å². The Morgan fingerprint density at radius 2 is 2.25 bits per heavy atom. The van der Waals surface area contributed by atoms with Crippen LogP contribution in [0.25, 0.3) is 0 Å². The molecule has 1 aliphatic rings. The summed E-state index contributed by atoms with van der Waals surface area (Å²) in [6.07, 6.45) is 2.38. The number of rotatable bonds is 5. The molecule has 1 aliphatic heterocycles. The van der Waals surface area contributed by atoms with E-state index in [1.165, 1.54) is 12.1 Å². The third kappa shape index (κ3) is 4.29. The third-order valence-electron chi connectivity index (χ3n) is 3.39. The van der Waals surface area contributed by atoms with Gasteiger partial charge in [-0.25, -0.2) is 13.6 Å². The highest BCUT2D eigenvalue weighted by Crippen LogP contribution is 2.17. The van der Waals surface area contributed by atoms with Crippen LogP contribution >= 0.6 is 0 Å². The highest BCUT2D eigenvalue weighted by Gasteiger charge is 2.16. The Hall–Kier alpha value is -1.44. The molecule has 0 spiro atoms. The summed E-state index contributed by atoms with van der Waals surface area (Å²) in [6.45, 7) is 1.98. The van der Waals surface area contributed by atoms with E-state index in [0.29, 0.717) is 18.0 Å². The van der Waals surface area contributed by atoms with Gasteiger partial charge in [0.05, 0.1) is 4.90 Å².